The van der Waals surface area contributed by atoms with Gasteiger partial charge in [-0.25, -0.2) is 0 Å². The molecule has 0 spiro atoms. The average Bonchev–Trinajstić information content (AvgIpc) is 2.82. The first kappa shape index (κ1) is 24.5. The molecule has 0 saturated carbocycles. The van der Waals surface area contributed by atoms with Crippen LogP contribution in [0.1, 0.15) is 34.5 Å². The zero-order valence-electron chi connectivity index (χ0n) is 20.2. The van der Waals surface area contributed by atoms with Gasteiger partial charge in [0.05, 0.1) is 24.6 Å². The zero-order valence-corrected chi connectivity index (χ0v) is 22.4. The van der Waals surface area contributed by atoms with E-state index in [0.29, 0.717) is 48.7 Å². The summed E-state index contributed by atoms with van der Waals surface area (Å²) in [5.74, 6) is 0.383. The van der Waals surface area contributed by atoms with Crippen molar-refractivity contribution in [1.82, 2.24) is 4.90 Å². The van der Waals surface area contributed by atoms with Crippen LogP contribution in [0.15, 0.2) is 45.6 Å². The topological polar surface area (TPSA) is 66.2 Å². The molecule has 1 saturated heterocycles. The molecule has 1 unspecified atom stereocenters. The first-order valence-corrected chi connectivity index (χ1v) is 12.4. The van der Waals surface area contributed by atoms with Gasteiger partial charge in [-0.1, -0.05) is 0 Å². The molecule has 180 valence electrons. The van der Waals surface area contributed by atoms with Crippen LogP contribution in [0.4, 0.5) is 11.6 Å². The fourth-order valence-electron chi connectivity index (χ4n) is 4.26. The van der Waals surface area contributed by atoms with Crippen LogP contribution in [0.2, 0.25) is 0 Å². The number of hydrogen-bond donors (Lipinski definition) is 0. The quantitative estimate of drug-likeness (QED) is 0.420. The molecule has 1 atom stereocenters. The lowest BCUT2D eigenvalue weighted by atomic mass is 9.99. The molecule has 7 nitrogen and oxygen atoms in total. The summed E-state index contributed by atoms with van der Waals surface area (Å²) in [6.07, 6.45) is 0. The number of anilines is 2. The van der Waals surface area contributed by atoms with Crippen molar-refractivity contribution in [2.24, 2.45) is 0 Å². The maximum absolute atomic E-state index is 13.2. The van der Waals surface area contributed by atoms with Crippen LogP contribution in [0.5, 0.6) is 0 Å². The van der Waals surface area contributed by atoms with Crippen molar-refractivity contribution in [3.05, 3.63) is 66.9 Å². The van der Waals surface area contributed by atoms with E-state index in [0.717, 1.165) is 14.8 Å². The summed E-state index contributed by atoms with van der Waals surface area (Å²) in [6.45, 7) is 6.65. The summed E-state index contributed by atoms with van der Waals surface area (Å²) in [5.41, 5.74) is 3.86. The Labute approximate surface area is 213 Å². The minimum Gasteiger partial charge on any atom is -0.440 e. The highest BCUT2D eigenvalue weighted by Gasteiger charge is 2.24. The number of carbonyl (C=O) groups is 1. The van der Waals surface area contributed by atoms with E-state index in [2.05, 4.69) is 59.5 Å². The van der Waals surface area contributed by atoms with Crippen molar-refractivity contribution < 1.29 is 13.9 Å². The van der Waals surface area contributed by atoms with E-state index in [1.54, 1.807) is 20.2 Å². The zero-order chi connectivity index (χ0) is 24.6. The van der Waals surface area contributed by atoms with Gasteiger partial charge in [0.2, 0.25) is 0 Å². The molecule has 4 rings (SSSR count). The third kappa shape index (κ3) is 4.93. The molecule has 3 aromatic rings. The lowest BCUT2D eigenvalue weighted by Gasteiger charge is -2.30. The number of benzene rings is 2. The minimum absolute atomic E-state index is 0.153. The third-order valence-electron chi connectivity index (χ3n) is 6.29. The molecule has 1 amide bonds. The van der Waals surface area contributed by atoms with Crippen LogP contribution in [0.25, 0.3) is 11.0 Å². The molecule has 1 aromatic heterocycles. The molecule has 8 heteroatoms. The highest BCUT2D eigenvalue weighted by Crippen LogP contribution is 2.34. The number of morpholine rings is 1. The van der Waals surface area contributed by atoms with Crippen LogP contribution in [-0.4, -0.2) is 58.3 Å². The molecule has 1 aliphatic rings. The lowest BCUT2D eigenvalue weighted by molar-refractivity contribution is 0.0827. The number of nitrogens with zero attached hydrogens (tertiary/aromatic N) is 3. The van der Waals surface area contributed by atoms with Crippen LogP contribution in [-0.2, 0) is 4.74 Å². The number of fused-ring (bicyclic) bond motifs is 1. The van der Waals surface area contributed by atoms with Gasteiger partial charge in [-0.2, -0.15) is 0 Å². The Morgan fingerprint density at radius 2 is 1.76 bits per heavy atom. The Morgan fingerprint density at radius 1 is 1.06 bits per heavy atom. The van der Waals surface area contributed by atoms with Crippen LogP contribution in [0, 0.1) is 10.5 Å². The Kier molecular flexibility index (Phi) is 7.18. The van der Waals surface area contributed by atoms with Crippen molar-refractivity contribution in [3.8, 4) is 0 Å². The second-order valence-corrected chi connectivity index (χ2v) is 10.2. The van der Waals surface area contributed by atoms with E-state index >= 15 is 0 Å². The molecule has 2 heterocycles. The summed E-state index contributed by atoms with van der Waals surface area (Å²) in [6, 6.07) is 11.3. The number of rotatable bonds is 5. The Balaban J connectivity index is 1.89. The molecule has 0 aliphatic carbocycles. The molecule has 0 radical (unpaired) electrons. The van der Waals surface area contributed by atoms with Gasteiger partial charge in [0.1, 0.15) is 5.58 Å². The van der Waals surface area contributed by atoms with Crippen LogP contribution >= 0.6 is 22.6 Å². The number of halogens is 1. The molecule has 0 bridgehead atoms. The van der Waals surface area contributed by atoms with Gasteiger partial charge in [-0.15, -0.1) is 0 Å². The molecule has 0 N–H and O–H groups in total. The number of carbonyl (C=O) groups excluding carboxylic acids is 1. The SMILES string of the molecule is Cc1cc(I)cc(N(C)C(C)c2cc(C(=O)N(C)C)cc3c(=O)cc(N4CCOCC4)oc23)c1. The van der Waals surface area contributed by atoms with Crippen LogP contribution < -0.4 is 15.2 Å². The predicted molar refractivity (Wildman–Crippen MR) is 144 cm³/mol. The normalized spacial score (nSPS) is 14.8. The number of ether oxygens (including phenoxy) is 1. The van der Waals surface area contributed by atoms with Gasteiger partial charge in [-0.05, 0) is 72.3 Å². The summed E-state index contributed by atoms with van der Waals surface area (Å²) >= 11 is 2.32. The van der Waals surface area contributed by atoms with Gasteiger partial charge in [0.25, 0.3) is 5.91 Å². The largest absolute Gasteiger partial charge is 0.440 e. The predicted octanol–water partition coefficient (Wildman–Crippen LogP) is 4.44. The number of hydrogen-bond acceptors (Lipinski definition) is 6. The summed E-state index contributed by atoms with van der Waals surface area (Å²) < 4.78 is 13.0. The average molecular weight is 575 g/mol. The molecule has 34 heavy (non-hydrogen) atoms. The van der Waals surface area contributed by atoms with Gasteiger partial charge in [0.15, 0.2) is 11.3 Å². The van der Waals surface area contributed by atoms with Crippen molar-refractivity contribution >= 4 is 51.0 Å². The fourth-order valence-corrected chi connectivity index (χ4v) is 5.07. The van der Waals surface area contributed by atoms with E-state index in [1.165, 1.54) is 16.5 Å². The molecular formula is C26H30IN3O4. The first-order chi connectivity index (χ1) is 16.2. The summed E-state index contributed by atoms with van der Waals surface area (Å²) in [4.78, 5) is 31.8. The standard InChI is InChI=1S/C26H30IN3O4/c1-16-10-19(27)14-20(11-16)29(5)17(2)21-12-18(26(32)28(3)4)13-22-23(31)15-24(34-25(21)22)30-6-8-33-9-7-30/h10-15,17H,6-9H2,1-5H3. The van der Waals surface area contributed by atoms with Crippen molar-refractivity contribution in [1.29, 1.82) is 0 Å². The molecule has 1 aliphatic heterocycles. The van der Waals surface area contributed by atoms with E-state index in [-0.39, 0.29) is 17.4 Å². The van der Waals surface area contributed by atoms with Gasteiger partial charge in [0, 0.05) is 60.7 Å². The van der Waals surface area contributed by atoms with Crippen molar-refractivity contribution in [2.45, 2.75) is 19.9 Å². The third-order valence-corrected chi connectivity index (χ3v) is 6.91. The van der Waals surface area contributed by atoms with E-state index in [9.17, 15) is 9.59 Å². The second kappa shape index (κ2) is 9.95. The van der Waals surface area contributed by atoms with Gasteiger partial charge < -0.3 is 23.9 Å². The Bertz CT molecular complexity index is 1260. The maximum atomic E-state index is 13.2. The van der Waals surface area contributed by atoms with E-state index in [1.807, 2.05) is 18.0 Å². The van der Waals surface area contributed by atoms with Crippen LogP contribution in [0.3, 0.4) is 0 Å². The van der Waals surface area contributed by atoms with E-state index < -0.39 is 0 Å². The maximum Gasteiger partial charge on any atom is 0.253 e. The monoisotopic (exact) mass is 575 g/mol. The first-order valence-electron chi connectivity index (χ1n) is 11.3. The molecule has 1 fully saturated rings. The Morgan fingerprint density at radius 3 is 2.41 bits per heavy atom. The highest BCUT2D eigenvalue weighted by molar-refractivity contribution is 14.1. The fraction of sp³-hybridized carbons (Fsp3) is 0.385. The lowest BCUT2D eigenvalue weighted by Crippen LogP contribution is -2.36. The second-order valence-electron chi connectivity index (χ2n) is 8.96. The summed E-state index contributed by atoms with van der Waals surface area (Å²) in [5, 5.41) is 0.416. The number of aryl methyl sites for hydroxylation is 1. The molecule has 2 aromatic carbocycles. The summed E-state index contributed by atoms with van der Waals surface area (Å²) in [7, 11) is 5.44. The smallest absolute Gasteiger partial charge is 0.253 e. The van der Waals surface area contributed by atoms with E-state index in [4.69, 9.17) is 9.15 Å². The van der Waals surface area contributed by atoms with Crippen molar-refractivity contribution in [2.75, 3.05) is 57.2 Å². The molecular weight excluding hydrogens is 545 g/mol. The number of amides is 1. The highest BCUT2D eigenvalue weighted by atomic mass is 127. The van der Waals surface area contributed by atoms with Gasteiger partial charge >= 0.3 is 0 Å². The Hall–Kier alpha value is -2.59. The van der Waals surface area contributed by atoms with Crippen molar-refractivity contribution in [3.63, 3.8) is 0 Å². The minimum atomic E-state index is -0.155. The van der Waals surface area contributed by atoms with Gasteiger partial charge in [-0.3, -0.25) is 9.59 Å².